The number of halogens is 2. The van der Waals surface area contributed by atoms with Crippen LogP contribution >= 0.6 is 45.2 Å². The first kappa shape index (κ1) is 15.5. The Hall–Kier alpha value is 0.120. The highest BCUT2D eigenvalue weighted by molar-refractivity contribution is 14.1. The number of rotatable bonds is 4. The number of hydrogen-bond donors (Lipinski definition) is 1. The maximum absolute atomic E-state index is 3.59. The molecule has 1 nitrogen and oxygen atoms in total. The third-order valence-corrected chi connectivity index (χ3v) is 6.02. The van der Waals surface area contributed by atoms with Crippen LogP contribution in [0.25, 0.3) is 0 Å². The van der Waals surface area contributed by atoms with Crippen molar-refractivity contribution in [3.8, 4) is 0 Å². The third kappa shape index (κ3) is 4.29. The average molecular weight is 479 g/mol. The van der Waals surface area contributed by atoms with Crippen molar-refractivity contribution in [1.82, 2.24) is 5.32 Å². The Balaban J connectivity index is 1.89. The zero-order valence-electron chi connectivity index (χ0n) is 11.3. The second kappa shape index (κ2) is 6.72. The van der Waals surface area contributed by atoms with Gasteiger partial charge in [0.15, 0.2) is 0 Å². The maximum Gasteiger partial charge on any atom is 0.0403 e. The van der Waals surface area contributed by atoms with Crippen LogP contribution in [0.5, 0.6) is 0 Å². The van der Waals surface area contributed by atoms with Gasteiger partial charge in [0.25, 0.3) is 0 Å². The molecule has 0 spiro atoms. The second-order valence-corrected chi connectivity index (χ2v) is 7.97. The molecule has 2 unspecified atom stereocenters. The van der Waals surface area contributed by atoms with E-state index >= 15 is 0 Å². The van der Waals surface area contributed by atoms with Gasteiger partial charge in [-0.05, 0) is 35.1 Å². The summed E-state index contributed by atoms with van der Waals surface area (Å²) in [7, 11) is 0. The summed E-state index contributed by atoms with van der Waals surface area (Å²) >= 11 is 4.92. The van der Waals surface area contributed by atoms with Crippen molar-refractivity contribution in [1.29, 1.82) is 0 Å². The summed E-state index contributed by atoms with van der Waals surface area (Å²) in [6.45, 7) is 6.39. The van der Waals surface area contributed by atoms with Crippen LogP contribution in [-0.4, -0.2) is 10.5 Å². The van der Waals surface area contributed by atoms with Gasteiger partial charge in [0, 0.05) is 26.0 Å². The van der Waals surface area contributed by atoms with Crippen molar-refractivity contribution < 1.29 is 0 Å². The van der Waals surface area contributed by atoms with Gasteiger partial charge in [-0.25, -0.2) is 0 Å². The van der Waals surface area contributed by atoms with Crippen LogP contribution in [0, 0.1) is 12.3 Å². The minimum absolute atomic E-state index is 0.208. The Morgan fingerprint density at radius 2 is 1.95 bits per heavy atom. The summed E-state index contributed by atoms with van der Waals surface area (Å²) in [5, 5.41) is 3.59. The molecule has 0 saturated carbocycles. The van der Waals surface area contributed by atoms with E-state index in [1.54, 1.807) is 0 Å². The number of nitrogens with one attached hydrogen (secondary N) is 1. The van der Waals surface area contributed by atoms with Crippen LogP contribution in [0.1, 0.15) is 18.1 Å². The minimum atomic E-state index is 0.208. The maximum atomic E-state index is 3.59. The van der Waals surface area contributed by atoms with Gasteiger partial charge in [-0.1, -0.05) is 77.6 Å². The fourth-order valence-electron chi connectivity index (χ4n) is 2.09. The van der Waals surface area contributed by atoms with Crippen molar-refractivity contribution in [2.45, 2.75) is 24.3 Å². The summed E-state index contributed by atoms with van der Waals surface area (Å²) < 4.78 is 1.89. The zero-order valence-corrected chi connectivity index (χ0v) is 15.6. The fourth-order valence-corrected chi connectivity index (χ4v) is 4.13. The van der Waals surface area contributed by atoms with Crippen LogP contribution in [0.3, 0.4) is 0 Å². The summed E-state index contributed by atoms with van der Waals surface area (Å²) in [6, 6.07) is 8.74. The molecular formula is C16H19I2N. The topological polar surface area (TPSA) is 12.0 Å². The highest BCUT2D eigenvalue weighted by atomic mass is 127. The second-order valence-electron chi connectivity index (χ2n) is 5.38. The molecule has 0 aliphatic heterocycles. The van der Waals surface area contributed by atoms with Gasteiger partial charge in [-0.15, -0.1) is 0 Å². The van der Waals surface area contributed by atoms with Crippen molar-refractivity contribution >= 4 is 45.2 Å². The Kier molecular flexibility index (Phi) is 5.48. The number of allylic oxidation sites excluding steroid dienone is 3. The van der Waals surface area contributed by atoms with E-state index in [1.165, 1.54) is 14.7 Å². The normalized spacial score (nSPS) is 26.3. The lowest BCUT2D eigenvalue weighted by Gasteiger charge is -2.32. The van der Waals surface area contributed by atoms with Gasteiger partial charge in [0.2, 0.25) is 0 Å². The van der Waals surface area contributed by atoms with E-state index in [0.717, 1.165) is 13.1 Å². The van der Waals surface area contributed by atoms with Crippen molar-refractivity contribution in [3.63, 3.8) is 0 Å². The van der Waals surface area contributed by atoms with E-state index in [9.17, 15) is 0 Å². The molecule has 0 saturated heterocycles. The Labute approximate surface area is 143 Å². The van der Waals surface area contributed by atoms with Crippen molar-refractivity contribution in [2.75, 3.05) is 6.54 Å². The lowest BCUT2D eigenvalue weighted by atomic mass is 9.83. The van der Waals surface area contributed by atoms with E-state index < -0.39 is 0 Å². The molecule has 2 atom stereocenters. The first-order valence-corrected chi connectivity index (χ1v) is 8.79. The van der Waals surface area contributed by atoms with Gasteiger partial charge in [-0.3, -0.25) is 0 Å². The molecule has 1 aromatic rings. The summed E-state index contributed by atoms with van der Waals surface area (Å²) in [5.74, 6) is 0. The standard InChI is InChI=1S/C16H19I2N/c1-12-3-5-13(6-4-12)10-19-11-16(2)8-7-14(17)9-15(16)18/h3-9,15,19H,10-11H2,1-2H3. The molecule has 1 N–H and O–H groups in total. The molecule has 0 aromatic heterocycles. The summed E-state index contributed by atoms with van der Waals surface area (Å²) in [4.78, 5) is 0. The number of hydrogen-bond acceptors (Lipinski definition) is 1. The van der Waals surface area contributed by atoms with Crippen LogP contribution in [0.4, 0.5) is 0 Å². The van der Waals surface area contributed by atoms with E-state index in [-0.39, 0.29) is 5.41 Å². The predicted molar refractivity (Wildman–Crippen MR) is 100 cm³/mol. The van der Waals surface area contributed by atoms with E-state index in [4.69, 9.17) is 0 Å². The fraction of sp³-hybridized carbons (Fsp3) is 0.375. The number of aryl methyl sites for hydroxylation is 1. The van der Waals surface area contributed by atoms with Crippen LogP contribution in [-0.2, 0) is 6.54 Å². The first-order chi connectivity index (χ1) is 8.99. The van der Waals surface area contributed by atoms with Crippen LogP contribution in [0.2, 0.25) is 0 Å². The number of alkyl halides is 1. The average Bonchev–Trinajstić information content (AvgIpc) is 2.37. The quantitative estimate of drug-likeness (QED) is 0.485. The molecule has 0 heterocycles. The molecule has 0 radical (unpaired) electrons. The monoisotopic (exact) mass is 479 g/mol. The molecule has 0 bridgehead atoms. The molecule has 102 valence electrons. The van der Waals surface area contributed by atoms with Gasteiger partial charge in [0.1, 0.15) is 0 Å². The van der Waals surface area contributed by atoms with E-state index in [0.29, 0.717) is 3.92 Å². The third-order valence-electron chi connectivity index (χ3n) is 3.51. The molecule has 1 aliphatic rings. The van der Waals surface area contributed by atoms with E-state index in [2.05, 4.69) is 107 Å². The van der Waals surface area contributed by atoms with Crippen molar-refractivity contribution in [2.24, 2.45) is 5.41 Å². The van der Waals surface area contributed by atoms with Crippen molar-refractivity contribution in [3.05, 3.63) is 57.2 Å². The molecule has 3 heteroatoms. The lowest BCUT2D eigenvalue weighted by molar-refractivity contribution is 0.411. The summed E-state index contributed by atoms with van der Waals surface area (Å²) in [5.41, 5.74) is 2.88. The number of benzene rings is 1. The molecule has 1 aromatic carbocycles. The van der Waals surface area contributed by atoms with Gasteiger partial charge in [-0.2, -0.15) is 0 Å². The molecule has 2 rings (SSSR count). The smallest absolute Gasteiger partial charge is 0.0403 e. The first-order valence-electron chi connectivity index (χ1n) is 6.46. The molecule has 1 aliphatic carbocycles. The van der Waals surface area contributed by atoms with Gasteiger partial charge in [0.05, 0.1) is 0 Å². The largest absolute Gasteiger partial charge is 0.312 e. The Bertz CT molecular complexity index is 490. The summed E-state index contributed by atoms with van der Waals surface area (Å²) in [6.07, 6.45) is 6.91. The molecular weight excluding hydrogens is 460 g/mol. The van der Waals surface area contributed by atoms with Gasteiger partial charge >= 0.3 is 0 Å². The molecule has 19 heavy (non-hydrogen) atoms. The van der Waals surface area contributed by atoms with Gasteiger partial charge < -0.3 is 5.32 Å². The predicted octanol–water partition coefficient (Wildman–Crippen LogP) is 4.78. The lowest BCUT2D eigenvalue weighted by Crippen LogP contribution is -2.37. The Morgan fingerprint density at radius 1 is 1.26 bits per heavy atom. The van der Waals surface area contributed by atoms with E-state index in [1.807, 2.05) is 0 Å². The zero-order chi connectivity index (χ0) is 13.9. The highest BCUT2D eigenvalue weighted by Crippen LogP contribution is 2.36. The minimum Gasteiger partial charge on any atom is -0.312 e. The van der Waals surface area contributed by atoms with Crippen LogP contribution < -0.4 is 5.32 Å². The SMILES string of the molecule is Cc1ccc(CNCC2(C)C=CC(I)=CC2I)cc1. The Morgan fingerprint density at radius 3 is 2.58 bits per heavy atom. The van der Waals surface area contributed by atoms with Crippen LogP contribution in [0.15, 0.2) is 46.1 Å². The highest BCUT2D eigenvalue weighted by Gasteiger charge is 2.30. The molecule has 0 fully saturated rings. The molecule has 0 amide bonds.